The fraction of sp³-hybridized carbons (Fsp3) is 0.765. The zero-order valence-corrected chi connectivity index (χ0v) is 14.5. The number of hydrogen-bond donors (Lipinski definition) is 0. The third-order valence-corrected chi connectivity index (χ3v) is 4.73. The van der Waals surface area contributed by atoms with Crippen molar-refractivity contribution in [1.82, 2.24) is 9.80 Å². The van der Waals surface area contributed by atoms with E-state index in [0.29, 0.717) is 32.5 Å². The van der Waals surface area contributed by atoms with Crippen molar-refractivity contribution in [3.05, 3.63) is 0 Å². The lowest BCUT2D eigenvalue weighted by Gasteiger charge is -2.30. The van der Waals surface area contributed by atoms with Gasteiger partial charge in [0.25, 0.3) is 0 Å². The summed E-state index contributed by atoms with van der Waals surface area (Å²) < 4.78 is 4.84. The molecule has 0 radical (unpaired) electrons. The van der Waals surface area contributed by atoms with Gasteiger partial charge in [-0.3, -0.25) is 19.2 Å². The second kappa shape index (κ2) is 8.26. The average molecular weight is 338 g/mol. The summed E-state index contributed by atoms with van der Waals surface area (Å²) in [6, 6.07) is -0.915. The van der Waals surface area contributed by atoms with E-state index in [9.17, 15) is 19.2 Å². The molecule has 2 saturated heterocycles. The summed E-state index contributed by atoms with van der Waals surface area (Å²) in [5, 5.41) is 0. The van der Waals surface area contributed by atoms with Gasteiger partial charge in [0.05, 0.1) is 19.1 Å². The van der Waals surface area contributed by atoms with E-state index >= 15 is 0 Å². The quantitative estimate of drug-likeness (QED) is 0.672. The number of esters is 1. The Labute approximate surface area is 142 Å². The molecule has 2 heterocycles. The zero-order valence-electron chi connectivity index (χ0n) is 14.5. The molecular weight excluding hydrogens is 312 g/mol. The number of carbonyl (C=O) groups is 4. The van der Waals surface area contributed by atoms with Crippen molar-refractivity contribution in [2.24, 2.45) is 0 Å². The van der Waals surface area contributed by atoms with Crippen molar-refractivity contribution in [2.45, 2.75) is 64.5 Å². The minimum absolute atomic E-state index is 0.0498. The lowest BCUT2D eigenvalue weighted by atomic mass is 10.0. The topological polar surface area (TPSA) is 84.0 Å². The number of amides is 2. The predicted molar refractivity (Wildman–Crippen MR) is 86.0 cm³/mol. The smallest absolute Gasteiger partial charge is 0.306 e. The molecule has 0 aromatic heterocycles. The molecule has 2 rings (SSSR count). The van der Waals surface area contributed by atoms with Crippen molar-refractivity contribution < 1.29 is 23.9 Å². The van der Waals surface area contributed by atoms with E-state index in [2.05, 4.69) is 0 Å². The molecule has 2 amide bonds. The van der Waals surface area contributed by atoms with Gasteiger partial charge in [-0.05, 0) is 32.6 Å². The van der Waals surface area contributed by atoms with E-state index in [1.54, 1.807) is 16.7 Å². The van der Waals surface area contributed by atoms with Gasteiger partial charge in [-0.1, -0.05) is 0 Å². The molecule has 2 fully saturated rings. The van der Waals surface area contributed by atoms with E-state index in [4.69, 9.17) is 4.74 Å². The predicted octanol–water partition coefficient (Wildman–Crippen LogP) is 0.901. The molecule has 0 spiro atoms. The van der Waals surface area contributed by atoms with Crippen LogP contribution in [0.3, 0.4) is 0 Å². The van der Waals surface area contributed by atoms with Crippen LogP contribution in [0.2, 0.25) is 0 Å². The van der Waals surface area contributed by atoms with Crippen molar-refractivity contribution >= 4 is 23.6 Å². The number of carbonyl (C=O) groups excluding carboxylic acids is 4. The van der Waals surface area contributed by atoms with Crippen LogP contribution in [0.25, 0.3) is 0 Å². The summed E-state index contributed by atoms with van der Waals surface area (Å²) in [4.78, 5) is 51.5. The molecule has 7 nitrogen and oxygen atoms in total. The summed E-state index contributed by atoms with van der Waals surface area (Å²) in [7, 11) is 0. The highest BCUT2D eigenvalue weighted by atomic mass is 16.5. The monoisotopic (exact) mass is 338 g/mol. The lowest BCUT2D eigenvalue weighted by molar-refractivity contribution is -0.147. The van der Waals surface area contributed by atoms with Crippen molar-refractivity contribution in [1.29, 1.82) is 0 Å². The van der Waals surface area contributed by atoms with Gasteiger partial charge >= 0.3 is 5.97 Å². The lowest BCUT2D eigenvalue weighted by Crippen LogP contribution is -2.50. The molecule has 0 aliphatic carbocycles. The summed E-state index contributed by atoms with van der Waals surface area (Å²) in [5.41, 5.74) is 0. The van der Waals surface area contributed by atoms with Crippen LogP contribution in [0.1, 0.15) is 52.4 Å². The Balaban J connectivity index is 1.96. The third kappa shape index (κ3) is 4.13. The Morgan fingerprint density at radius 3 is 2.21 bits per heavy atom. The summed E-state index contributed by atoms with van der Waals surface area (Å²) in [6.07, 6.45) is 3.00. The molecule has 0 aromatic rings. The summed E-state index contributed by atoms with van der Waals surface area (Å²) >= 11 is 0. The number of ketones is 1. The average Bonchev–Trinajstić information content (AvgIpc) is 3.21. The normalized spacial score (nSPS) is 23.4. The summed E-state index contributed by atoms with van der Waals surface area (Å²) in [5.74, 6) is -0.716. The first-order chi connectivity index (χ1) is 11.5. The van der Waals surface area contributed by atoms with E-state index in [1.807, 2.05) is 0 Å². The Kier molecular flexibility index (Phi) is 6.34. The van der Waals surface area contributed by atoms with Gasteiger partial charge in [0.15, 0.2) is 5.78 Å². The van der Waals surface area contributed by atoms with Gasteiger partial charge in [0.2, 0.25) is 11.8 Å². The van der Waals surface area contributed by atoms with Crippen molar-refractivity contribution in [3.63, 3.8) is 0 Å². The minimum Gasteiger partial charge on any atom is -0.466 e. The van der Waals surface area contributed by atoms with E-state index in [1.165, 1.54) is 6.92 Å². The van der Waals surface area contributed by atoms with Gasteiger partial charge in [-0.2, -0.15) is 0 Å². The molecule has 2 atom stereocenters. The van der Waals surface area contributed by atoms with Crippen LogP contribution in [-0.2, 0) is 23.9 Å². The van der Waals surface area contributed by atoms with Crippen molar-refractivity contribution in [2.75, 3.05) is 19.7 Å². The molecule has 2 aliphatic heterocycles. The van der Waals surface area contributed by atoms with Crippen LogP contribution < -0.4 is 0 Å². The van der Waals surface area contributed by atoms with E-state index in [-0.39, 0.29) is 36.4 Å². The molecule has 24 heavy (non-hydrogen) atoms. The fourth-order valence-corrected chi connectivity index (χ4v) is 3.58. The van der Waals surface area contributed by atoms with Gasteiger partial charge in [0, 0.05) is 26.4 Å². The van der Waals surface area contributed by atoms with Crippen LogP contribution >= 0.6 is 0 Å². The first-order valence-electron chi connectivity index (χ1n) is 8.71. The summed E-state index contributed by atoms with van der Waals surface area (Å²) in [6.45, 7) is 4.62. The third-order valence-electron chi connectivity index (χ3n) is 4.73. The highest BCUT2D eigenvalue weighted by Gasteiger charge is 2.41. The zero-order chi connectivity index (χ0) is 17.7. The second-order valence-electron chi connectivity index (χ2n) is 6.33. The standard InChI is InChI=1S/C17H26N2O5/c1-3-24-16(22)9-8-15(21)13-6-4-11-19(13)17(23)14-7-5-10-18(14)12(2)20/h13-14H,3-11H2,1-2H3/t13-,14-/m0/s1. The van der Waals surface area contributed by atoms with Crippen LogP contribution in [0.15, 0.2) is 0 Å². The van der Waals surface area contributed by atoms with Crippen LogP contribution in [0.5, 0.6) is 0 Å². The molecular formula is C17H26N2O5. The van der Waals surface area contributed by atoms with Gasteiger partial charge in [-0.25, -0.2) is 0 Å². The van der Waals surface area contributed by atoms with E-state index in [0.717, 1.165) is 12.8 Å². The molecule has 0 bridgehead atoms. The minimum atomic E-state index is -0.471. The largest absolute Gasteiger partial charge is 0.466 e. The number of Topliss-reactive ketones (excluding diaryl/α,β-unsaturated/α-hetero) is 1. The molecule has 0 saturated carbocycles. The van der Waals surface area contributed by atoms with Gasteiger partial charge < -0.3 is 14.5 Å². The Morgan fingerprint density at radius 2 is 1.58 bits per heavy atom. The van der Waals surface area contributed by atoms with Gasteiger partial charge in [0.1, 0.15) is 6.04 Å². The highest BCUT2D eigenvalue weighted by Crippen LogP contribution is 2.26. The second-order valence-corrected chi connectivity index (χ2v) is 6.33. The number of hydrogen-bond acceptors (Lipinski definition) is 5. The maximum absolute atomic E-state index is 12.8. The number of ether oxygens (including phenoxy) is 1. The number of nitrogens with zero attached hydrogens (tertiary/aromatic N) is 2. The fourth-order valence-electron chi connectivity index (χ4n) is 3.58. The maximum atomic E-state index is 12.8. The SMILES string of the molecule is CCOC(=O)CCC(=O)[C@@H]1CCCN1C(=O)[C@@H]1CCCN1C(C)=O. The Bertz CT molecular complexity index is 519. The van der Waals surface area contributed by atoms with Gasteiger partial charge in [-0.15, -0.1) is 0 Å². The molecule has 7 heteroatoms. The molecule has 2 aliphatic rings. The molecule has 134 valence electrons. The van der Waals surface area contributed by atoms with Crippen LogP contribution in [0.4, 0.5) is 0 Å². The maximum Gasteiger partial charge on any atom is 0.306 e. The molecule has 0 N–H and O–H groups in total. The Hall–Kier alpha value is -1.92. The first-order valence-corrected chi connectivity index (χ1v) is 8.71. The van der Waals surface area contributed by atoms with Crippen LogP contribution in [0, 0.1) is 0 Å². The molecule has 0 unspecified atom stereocenters. The first kappa shape index (κ1) is 18.4. The molecule has 0 aromatic carbocycles. The van der Waals surface area contributed by atoms with E-state index < -0.39 is 12.1 Å². The van der Waals surface area contributed by atoms with Crippen LogP contribution in [-0.4, -0.2) is 65.1 Å². The number of likely N-dealkylation sites (tertiary alicyclic amines) is 2. The highest BCUT2D eigenvalue weighted by molar-refractivity contribution is 5.94. The number of rotatable bonds is 6. The van der Waals surface area contributed by atoms with Crippen molar-refractivity contribution in [3.8, 4) is 0 Å². The Morgan fingerprint density at radius 1 is 0.958 bits per heavy atom.